The first-order valence-corrected chi connectivity index (χ1v) is 8.68. The van der Waals surface area contributed by atoms with Crippen molar-refractivity contribution in [1.29, 1.82) is 0 Å². The van der Waals surface area contributed by atoms with Crippen molar-refractivity contribution >= 4 is 52.4 Å². The fourth-order valence-electron chi connectivity index (χ4n) is 2.60. The Morgan fingerprint density at radius 2 is 1.85 bits per heavy atom. The van der Waals surface area contributed by atoms with Crippen LogP contribution in [0, 0.1) is 5.92 Å². The van der Waals surface area contributed by atoms with Gasteiger partial charge in [0.25, 0.3) is 0 Å². The van der Waals surface area contributed by atoms with Gasteiger partial charge in [0, 0.05) is 12.2 Å². The molecule has 27 heavy (non-hydrogen) atoms. The summed E-state index contributed by atoms with van der Waals surface area (Å²) in [5, 5.41) is 5.79. The number of imide groups is 1. The maximum Gasteiger partial charge on any atom is 0.328 e. The Balaban J connectivity index is 1.79. The Morgan fingerprint density at radius 1 is 1.15 bits per heavy atom. The number of carbonyl (C=O) groups is 3. The number of anilines is 2. The molecule has 0 aromatic heterocycles. The van der Waals surface area contributed by atoms with Crippen molar-refractivity contribution in [2.75, 3.05) is 23.9 Å². The average molecular weight is 408 g/mol. The lowest BCUT2D eigenvalue weighted by Crippen LogP contribution is -2.58. The Labute approximate surface area is 165 Å². The number of nitrogens with one attached hydrogen (secondary N) is 2. The standard InChI is InChI=1S/C18H15Cl2N3O4/c1-27-12-5-3-11(4-6-12)23-17(25)13(9-21-18(23)26)16(24)22-10-2-7-14(19)15(20)8-10/h2-8,13H,9H2,1H3,(H,21,26)(H,22,24). The third-order valence-electron chi connectivity index (χ3n) is 4.01. The summed E-state index contributed by atoms with van der Waals surface area (Å²) in [6.07, 6.45) is 0. The number of nitrogens with zero attached hydrogens (tertiary/aromatic N) is 1. The molecule has 0 spiro atoms. The SMILES string of the molecule is COc1ccc(N2C(=O)NCC(C(=O)Nc3ccc(Cl)c(Cl)c3)C2=O)cc1. The maximum atomic E-state index is 12.8. The summed E-state index contributed by atoms with van der Waals surface area (Å²) in [5.41, 5.74) is 0.737. The highest BCUT2D eigenvalue weighted by molar-refractivity contribution is 6.42. The second kappa shape index (κ2) is 7.85. The summed E-state index contributed by atoms with van der Waals surface area (Å²) in [6, 6.07) is 10.4. The summed E-state index contributed by atoms with van der Waals surface area (Å²) in [4.78, 5) is 38.4. The second-order valence-electron chi connectivity index (χ2n) is 5.73. The van der Waals surface area contributed by atoms with Gasteiger partial charge in [0.05, 0.1) is 22.8 Å². The second-order valence-corrected chi connectivity index (χ2v) is 6.54. The van der Waals surface area contributed by atoms with Gasteiger partial charge in [-0.3, -0.25) is 9.59 Å². The predicted molar refractivity (Wildman–Crippen MR) is 102 cm³/mol. The molecule has 0 radical (unpaired) electrons. The molecule has 1 aliphatic rings. The molecule has 0 aliphatic carbocycles. The molecule has 140 valence electrons. The van der Waals surface area contributed by atoms with Crippen molar-refractivity contribution in [1.82, 2.24) is 5.32 Å². The van der Waals surface area contributed by atoms with Gasteiger partial charge in [0.15, 0.2) is 0 Å². The normalized spacial score (nSPS) is 16.7. The monoisotopic (exact) mass is 407 g/mol. The minimum Gasteiger partial charge on any atom is -0.497 e. The lowest BCUT2D eigenvalue weighted by molar-refractivity contribution is -0.130. The van der Waals surface area contributed by atoms with Crippen LogP contribution in [0.25, 0.3) is 0 Å². The van der Waals surface area contributed by atoms with Crippen molar-refractivity contribution in [3.05, 3.63) is 52.5 Å². The van der Waals surface area contributed by atoms with Crippen molar-refractivity contribution in [3.8, 4) is 5.75 Å². The van der Waals surface area contributed by atoms with E-state index in [1.165, 1.54) is 19.2 Å². The number of benzene rings is 2. The number of hydrogen-bond acceptors (Lipinski definition) is 4. The predicted octanol–water partition coefficient (Wildman–Crippen LogP) is 3.31. The van der Waals surface area contributed by atoms with E-state index in [9.17, 15) is 14.4 Å². The van der Waals surface area contributed by atoms with Gasteiger partial charge in [-0.15, -0.1) is 0 Å². The molecular weight excluding hydrogens is 393 g/mol. The van der Waals surface area contributed by atoms with Crippen molar-refractivity contribution in [2.24, 2.45) is 5.92 Å². The summed E-state index contributed by atoms with van der Waals surface area (Å²) < 4.78 is 5.07. The average Bonchev–Trinajstić information content (AvgIpc) is 2.65. The topological polar surface area (TPSA) is 87.7 Å². The van der Waals surface area contributed by atoms with E-state index in [-0.39, 0.29) is 11.6 Å². The van der Waals surface area contributed by atoms with Crippen molar-refractivity contribution in [3.63, 3.8) is 0 Å². The van der Waals surface area contributed by atoms with Crippen LogP contribution >= 0.6 is 23.2 Å². The van der Waals surface area contributed by atoms with Crippen LogP contribution in [0.3, 0.4) is 0 Å². The van der Waals surface area contributed by atoms with E-state index < -0.39 is 23.8 Å². The number of amides is 4. The van der Waals surface area contributed by atoms with Crippen LogP contribution < -0.4 is 20.3 Å². The van der Waals surface area contributed by atoms with Crippen molar-refractivity contribution in [2.45, 2.75) is 0 Å². The number of rotatable bonds is 4. The fraction of sp³-hybridized carbons (Fsp3) is 0.167. The van der Waals surface area contributed by atoms with Gasteiger partial charge < -0.3 is 15.4 Å². The molecule has 1 fully saturated rings. The first-order chi connectivity index (χ1) is 12.9. The molecule has 2 N–H and O–H groups in total. The maximum absolute atomic E-state index is 12.8. The number of halogens is 2. The number of methoxy groups -OCH3 is 1. The number of urea groups is 1. The zero-order valence-electron chi connectivity index (χ0n) is 14.2. The molecule has 1 saturated heterocycles. The van der Waals surface area contributed by atoms with Crippen molar-refractivity contribution < 1.29 is 19.1 Å². The van der Waals surface area contributed by atoms with Crippen LogP contribution in [0.1, 0.15) is 0 Å². The molecule has 7 nitrogen and oxygen atoms in total. The molecule has 9 heteroatoms. The van der Waals surface area contributed by atoms with Gasteiger partial charge in [-0.25, -0.2) is 9.69 Å². The molecule has 4 amide bonds. The van der Waals surface area contributed by atoms with Gasteiger partial charge in [-0.1, -0.05) is 23.2 Å². The number of ether oxygens (including phenoxy) is 1. The van der Waals surface area contributed by atoms with Crippen LogP contribution in [-0.2, 0) is 9.59 Å². The Hall–Kier alpha value is -2.77. The fourth-order valence-corrected chi connectivity index (χ4v) is 2.89. The lowest BCUT2D eigenvalue weighted by atomic mass is 10.0. The van der Waals surface area contributed by atoms with Gasteiger partial charge in [0.2, 0.25) is 11.8 Å². The zero-order valence-corrected chi connectivity index (χ0v) is 15.7. The molecule has 0 saturated carbocycles. The highest BCUT2D eigenvalue weighted by atomic mass is 35.5. The molecule has 1 aliphatic heterocycles. The minimum absolute atomic E-state index is 0.0997. The van der Waals surface area contributed by atoms with E-state index in [0.29, 0.717) is 22.1 Å². The highest BCUT2D eigenvalue weighted by Crippen LogP contribution is 2.26. The van der Waals surface area contributed by atoms with Crippen LogP contribution in [0.5, 0.6) is 5.75 Å². The summed E-state index contributed by atoms with van der Waals surface area (Å²) in [5.74, 6) is -1.69. The molecule has 3 rings (SSSR count). The molecule has 2 aromatic carbocycles. The van der Waals surface area contributed by atoms with Crippen LogP contribution in [0.2, 0.25) is 10.0 Å². The summed E-state index contributed by atoms with van der Waals surface area (Å²) in [6.45, 7) is -0.0997. The quantitative estimate of drug-likeness (QED) is 0.760. The Bertz CT molecular complexity index is 902. The van der Waals surface area contributed by atoms with Gasteiger partial charge in [-0.05, 0) is 42.5 Å². The first kappa shape index (κ1) is 19.0. The highest BCUT2D eigenvalue weighted by Gasteiger charge is 2.39. The van der Waals surface area contributed by atoms with Crippen LogP contribution in [0.4, 0.5) is 16.2 Å². The van der Waals surface area contributed by atoms with E-state index in [4.69, 9.17) is 27.9 Å². The number of carbonyl (C=O) groups excluding carboxylic acids is 3. The molecule has 0 bridgehead atoms. The van der Waals surface area contributed by atoms with E-state index >= 15 is 0 Å². The molecule has 1 unspecified atom stereocenters. The first-order valence-electron chi connectivity index (χ1n) is 7.92. The lowest BCUT2D eigenvalue weighted by Gasteiger charge is -2.30. The Morgan fingerprint density at radius 3 is 2.48 bits per heavy atom. The van der Waals surface area contributed by atoms with Crippen LogP contribution in [0.15, 0.2) is 42.5 Å². The third kappa shape index (κ3) is 3.99. The molecule has 2 aromatic rings. The third-order valence-corrected chi connectivity index (χ3v) is 4.75. The van der Waals surface area contributed by atoms with E-state index in [1.807, 2.05) is 0 Å². The van der Waals surface area contributed by atoms with Gasteiger partial charge >= 0.3 is 6.03 Å². The van der Waals surface area contributed by atoms with E-state index in [0.717, 1.165) is 4.90 Å². The molecular formula is C18H15Cl2N3O4. The van der Waals surface area contributed by atoms with Gasteiger partial charge in [-0.2, -0.15) is 0 Å². The van der Waals surface area contributed by atoms with E-state index in [1.54, 1.807) is 30.3 Å². The minimum atomic E-state index is -1.08. The summed E-state index contributed by atoms with van der Waals surface area (Å²) >= 11 is 11.8. The molecule has 1 atom stereocenters. The Kier molecular flexibility index (Phi) is 5.53. The largest absolute Gasteiger partial charge is 0.497 e. The van der Waals surface area contributed by atoms with Gasteiger partial charge in [0.1, 0.15) is 11.7 Å². The van der Waals surface area contributed by atoms with Crippen LogP contribution in [-0.4, -0.2) is 31.5 Å². The zero-order chi connectivity index (χ0) is 19.6. The smallest absolute Gasteiger partial charge is 0.328 e. The molecule has 1 heterocycles. The summed E-state index contributed by atoms with van der Waals surface area (Å²) in [7, 11) is 1.51. The number of hydrogen-bond donors (Lipinski definition) is 2. The van der Waals surface area contributed by atoms with E-state index in [2.05, 4.69) is 10.6 Å².